The summed E-state index contributed by atoms with van der Waals surface area (Å²) in [5, 5.41) is 18.0. The summed E-state index contributed by atoms with van der Waals surface area (Å²) in [5.41, 5.74) is 0. The van der Waals surface area contributed by atoms with Gasteiger partial charge in [-0.2, -0.15) is 11.8 Å². The molecule has 0 aliphatic carbocycles. The summed E-state index contributed by atoms with van der Waals surface area (Å²) in [4.78, 5) is 51.8. The number of carboxylic acids is 1. The van der Waals surface area contributed by atoms with Gasteiger partial charge in [0.1, 0.15) is 18.1 Å². The van der Waals surface area contributed by atoms with Gasteiger partial charge in [-0.15, -0.1) is 0 Å². The first-order chi connectivity index (χ1) is 14.7. The highest BCUT2D eigenvalue weighted by atomic mass is 32.2. The third-order valence-electron chi connectivity index (χ3n) is 5.76. The van der Waals surface area contributed by atoms with E-state index < -0.39 is 30.0 Å². The lowest BCUT2D eigenvalue weighted by atomic mass is 10.0. The molecule has 2 aliphatic rings. The minimum atomic E-state index is -1.09. The molecule has 4 atom stereocenters. The number of aliphatic carboxylic acids is 1. The number of rotatable bonds is 11. The number of nitrogens with one attached hydrogen (secondary N) is 3. The van der Waals surface area contributed by atoms with Crippen molar-refractivity contribution in [1.82, 2.24) is 20.9 Å². The maximum absolute atomic E-state index is 13.0. The molecule has 2 fully saturated rings. The Morgan fingerprint density at radius 3 is 2.45 bits per heavy atom. The molecule has 0 saturated carbocycles. The van der Waals surface area contributed by atoms with Crippen LogP contribution >= 0.6 is 11.8 Å². The minimum absolute atomic E-state index is 0.0528. The van der Waals surface area contributed by atoms with E-state index in [1.165, 1.54) is 11.8 Å². The first-order valence-electron chi connectivity index (χ1n) is 11.1. The lowest BCUT2D eigenvalue weighted by Gasteiger charge is -2.29. The Labute approximate surface area is 188 Å². The van der Waals surface area contributed by atoms with Crippen LogP contribution in [0.1, 0.15) is 52.4 Å². The van der Waals surface area contributed by atoms with E-state index in [0.717, 1.165) is 25.8 Å². The Bertz CT molecular complexity index is 654. The van der Waals surface area contributed by atoms with Crippen LogP contribution in [0.2, 0.25) is 0 Å². The second kappa shape index (κ2) is 12.3. The Balaban J connectivity index is 2.04. The maximum Gasteiger partial charge on any atom is 0.326 e. The number of amides is 3. The van der Waals surface area contributed by atoms with E-state index >= 15 is 0 Å². The monoisotopic (exact) mass is 456 g/mol. The van der Waals surface area contributed by atoms with Crippen LogP contribution in [-0.2, 0) is 19.2 Å². The number of nitrogens with zero attached hydrogens (tertiary/aromatic N) is 1. The molecule has 4 N–H and O–H groups in total. The van der Waals surface area contributed by atoms with Crippen LogP contribution in [0.5, 0.6) is 0 Å². The smallest absolute Gasteiger partial charge is 0.326 e. The van der Waals surface area contributed by atoms with Crippen LogP contribution < -0.4 is 16.0 Å². The average molecular weight is 457 g/mol. The normalized spacial score (nSPS) is 22.9. The van der Waals surface area contributed by atoms with Crippen LogP contribution in [0, 0.1) is 5.92 Å². The van der Waals surface area contributed by atoms with E-state index in [1.54, 1.807) is 4.90 Å². The van der Waals surface area contributed by atoms with Gasteiger partial charge in [-0.05, 0) is 63.0 Å². The van der Waals surface area contributed by atoms with Gasteiger partial charge in [-0.3, -0.25) is 14.4 Å². The van der Waals surface area contributed by atoms with Gasteiger partial charge >= 0.3 is 5.97 Å². The molecule has 4 unspecified atom stereocenters. The highest BCUT2D eigenvalue weighted by Crippen LogP contribution is 2.21. The number of hydrogen-bond donors (Lipinski definition) is 4. The summed E-state index contributed by atoms with van der Waals surface area (Å²) < 4.78 is 0. The van der Waals surface area contributed by atoms with Gasteiger partial charge in [0, 0.05) is 6.54 Å². The van der Waals surface area contributed by atoms with Gasteiger partial charge in [0.15, 0.2) is 0 Å². The zero-order valence-corrected chi connectivity index (χ0v) is 19.5. The molecule has 2 heterocycles. The van der Waals surface area contributed by atoms with E-state index in [0.29, 0.717) is 31.6 Å². The van der Waals surface area contributed by atoms with E-state index in [9.17, 15) is 24.3 Å². The van der Waals surface area contributed by atoms with Crippen LogP contribution in [0.25, 0.3) is 0 Å². The quantitative estimate of drug-likeness (QED) is 0.358. The summed E-state index contributed by atoms with van der Waals surface area (Å²) in [6, 6.07) is -2.67. The van der Waals surface area contributed by atoms with Gasteiger partial charge in [0.2, 0.25) is 17.7 Å². The number of thioether (sulfide) groups is 1. The molecular weight excluding hydrogens is 420 g/mol. The molecule has 0 radical (unpaired) electrons. The summed E-state index contributed by atoms with van der Waals surface area (Å²) in [6.07, 6.45) is 5.59. The number of carbonyl (C=O) groups is 4. The van der Waals surface area contributed by atoms with Crippen molar-refractivity contribution in [2.75, 3.05) is 25.1 Å². The van der Waals surface area contributed by atoms with Crippen LogP contribution in [0.15, 0.2) is 0 Å². The molecule has 0 spiro atoms. The average Bonchev–Trinajstić information content (AvgIpc) is 3.41. The Morgan fingerprint density at radius 1 is 1.13 bits per heavy atom. The predicted molar refractivity (Wildman–Crippen MR) is 120 cm³/mol. The maximum atomic E-state index is 13.0. The second-order valence-electron chi connectivity index (χ2n) is 8.71. The zero-order valence-electron chi connectivity index (χ0n) is 18.7. The van der Waals surface area contributed by atoms with Crippen molar-refractivity contribution in [3.05, 3.63) is 0 Å². The lowest BCUT2D eigenvalue weighted by molar-refractivity contribution is -0.143. The van der Waals surface area contributed by atoms with Crippen molar-refractivity contribution in [3.8, 4) is 0 Å². The van der Waals surface area contributed by atoms with Gasteiger partial charge in [-0.25, -0.2) is 4.79 Å². The molecule has 3 amide bonds. The molecule has 0 bridgehead atoms. The largest absolute Gasteiger partial charge is 0.480 e. The van der Waals surface area contributed by atoms with Gasteiger partial charge < -0.3 is 26.0 Å². The Morgan fingerprint density at radius 2 is 1.87 bits per heavy atom. The van der Waals surface area contributed by atoms with Gasteiger partial charge in [0.25, 0.3) is 0 Å². The number of likely N-dealkylation sites (tertiary alicyclic amines) is 1. The fraction of sp³-hybridized carbons (Fsp3) is 0.810. The summed E-state index contributed by atoms with van der Waals surface area (Å²) in [6.45, 7) is 5.21. The van der Waals surface area contributed by atoms with Crippen LogP contribution in [0.4, 0.5) is 0 Å². The van der Waals surface area contributed by atoms with Crippen LogP contribution in [-0.4, -0.2) is 83.0 Å². The van der Waals surface area contributed by atoms with Crippen molar-refractivity contribution >= 4 is 35.5 Å². The molecule has 2 rings (SSSR count). The molecule has 10 heteroatoms. The van der Waals surface area contributed by atoms with Gasteiger partial charge in [-0.1, -0.05) is 13.8 Å². The number of hydrogen-bond acceptors (Lipinski definition) is 6. The SMILES string of the molecule is CSCCC(NC(=O)C(CC(C)C)NC(=O)C1CCCN1C(=O)C1CCCN1)C(=O)O. The predicted octanol–water partition coefficient (Wildman–Crippen LogP) is 0.583. The molecule has 0 aromatic rings. The van der Waals surface area contributed by atoms with Crippen LogP contribution in [0.3, 0.4) is 0 Å². The minimum Gasteiger partial charge on any atom is -0.480 e. The highest BCUT2D eigenvalue weighted by Gasteiger charge is 2.39. The molecule has 2 saturated heterocycles. The first-order valence-corrected chi connectivity index (χ1v) is 12.5. The number of carboxylic acid groups (broad SMARTS) is 1. The van der Waals surface area contributed by atoms with E-state index in [1.807, 2.05) is 20.1 Å². The third kappa shape index (κ3) is 7.38. The Hall–Kier alpha value is -1.81. The standard InChI is InChI=1S/C21H36N4O5S/c1-13(2)12-16(18(26)23-15(21(29)30)8-11-31-3)24-19(27)17-7-5-10-25(17)20(28)14-6-4-9-22-14/h13-17,22H,4-12H2,1-3H3,(H,23,26)(H,24,27)(H,29,30). The third-order valence-corrected chi connectivity index (χ3v) is 6.41. The second-order valence-corrected chi connectivity index (χ2v) is 9.70. The zero-order chi connectivity index (χ0) is 23.0. The van der Waals surface area contributed by atoms with Gasteiger partial charge in [0.05, 0.1) is 6.04 Å². The molecule has 9 nitrogen and oxygen atoms in total. The fourth-order valence-electron chi connectivity index (χ4n) is 4.13. The molecule has 0 aromatic carbocycles. The van der Waals surface area contributed by atoms with Crippen molar-refractivity contribution in [2.24, 2.45) is 5.92 Å². The van der Waals surface area contributed by atoms with E-state index in [2.05, 4.69) is 16.0 Å². The lowest BCUT2D eigenvalue weighted by Crippen LogP contribution is -2.56. The molecule has 0 aromatic heterocycles. The molecule has 31 heavy (non-hydrogen) atoms. The first kappa shape index (κ1) is 25.5. The number of carbonyl (C=O) groups excluding carboxylic acids is 3. The van der Waals surface area contributed by atoms with Crippen molar-refractivity contribution in [2.45, 2.75) is 76.5 Å². The molecular formula is C21H36N4O5S. The fourth-order valence-corrected chi connectivity index (χ4v) is 4.61. The van der Waals surface area contributed by atoms with Crippen molar-refractivity contribution in [3.63, 3.8) is 0 Å². The van der Waals surface area contributed by atoms with Crippen molar-refractivity contribution < 1.29 is 24.3 Å². The van der Waals surface area contributed by atoms with E-state index in [4.69, 9.17) is 0 Å². The molecule has 2 aliphatic heterocycles. The van der Waals surface area contributed by atoms with E-state index in [-0.39, 0.29) is 23.8 Å². The Kier molecular flexibility index (Phi) is 10.1. The summed E-state index contributed by atoms with van der Waals surface area (Å²) in [7, 11) is 0. The summed E-state index contributed by atoms with van der Waals surface area (Å²) in [5.74, 6) is -1.26. The molecule has 176 valence electrons. The topological polar surface area (TPSA) is 128 Å². The summed E-state index contributed by atoms with van der Waals surface area (Å²) >= 11 is 1.51. The van der Waals surface area contributed by atoms with Crippen molar-refractivity contribution in [1.29, 1.82) is 0 Å². The highest BCUT2D eigenvalue weighted by molar-refractivity contribution is 7.98.